The summed E-state index contributed by atoms with van der Waals surface area (Å²) in [5.74, 6) is -2.96. The number of nitrogens with zero attached hydrogens (tertiary/aromatic N) is 1. The number of halogens is 3. The van der Waals surface area contributed by atoms with Crippen LogP contribution in [0, 0.1) is 0 Å². The first-order valence-corrected chi connectivity index (χ1v) is 9.07. The molecule has 0 aliphatic heterocycles. The normalized spacial score (nSPS) is 13.5. The number of hydrogen-bond donors (Lipinski definition) is 2. The quantitative estimate of drug-likeness (QED) is 0.698. The minimum Gasteiger partial charge on any atom is -0.480 e. The Balaban J connectivity index is 3.10. The molecule has 7 nitrogen and oxygen atoms in total. The second kappa shape index (κ2) is 8.49. The summed E-state index contributed by atoms with van der Waals surface area (Å²) in [6.07, 6.45) is -6.53. The first-order chi connectivity index (χ1) is 11.9. The summed E-state index contributed by atoms with van der Waals surface area (Å²) in [7, 11) is -3.87. The van der Waals surface area contributed by atoms with Gasteiger partial charge < -0.3 is 10.4 Å². The molecule has 0 saturated carbocycles. The van der Waals surface area contributed by atoms with E-state index in [1.54, 1.807) is 19.2 Å². The van der Waals surface area contributed by atoms with E-state index in [4.69, 9.17) is 5.11 Å². The third-order valence-electron chi connectivity index (χ3n) is 3.48. The van der Waals surface area contributed by atoms with E-state index < -0.39 is 40.5 Å². The lowest BCUT2D eigenvalue weighted by Gasteiger charge is -2.19. The Labute approximate surface area is 148 Å². The van der Waals surface area contributed by atoms with Crippen molar-refractivity contribution in [2.45, 2.75) is 37.4 Å². The van der Waals surface area contributed by atoms with Crippen molar-refractivity contribution in [1.82, 2.24) is 9.62 Å². The van der Waals surface area contributed by atoms with E-state index in [1.165, 1.54) is 18.2 Å². The number of alkyl halides is 3. The second-order valence-corrected chi connectivity index (χ2v) is 7.24. The fourth-order valence-corrected chi connectivity index (χ4v) is 3.69. The molecule has 1 unspecified atom stereocenters. The van der Waals surface area contributed by atoms with Crippen LogP contribution in [0.15, 0.2) is 29.2 Å². The van der Waals surface area contributed by atoms with Gasteiger partial charge >= 0.3 is 12.1 Å². The van der Waals surface area contributed by atoms with Gasteiger partial charge in [0.2, 0.25) is 10.0 Å². The van der Waals surface area contributed by atoms with E-state index in [-0.39, 0.29) is 23.5 Å². The molecule has 0 aliphatic carbocycles. The SMILES string of the molecule is CCN(CC)S(=O)(=O)c1cccc(C(=O)NC(CC(F)(F)F)C(=O)O)c1. The van der Waals surface area contributed by atoms with E-state index in [0.29, 0.717) is 0 Å². The molecule has 1 amide bonds. The minimum absolute atomic E-state index is 0.196. The van der Waals surface area contributed by atoms with Gasteiger partial charge in [-0.05, 0) is 18.2 Å². The van der Waals surface area contributed by atoms with Gasteiger partial charge in [0, 0.05) is 18.7 Å². The predicted molar refractivity (Wildman–Crippen MR) is 86.1 cm³/mol. The van der Waals surface area contributed by atoms with Crippen molar-refractivity contribution >= 4 is 21.9 Å². The topological polar surface area (TPSA) is 104 Å². The van der Waals surface area contributed by atoms with Gasteiger partial charge in [0.25, 0.3) is 5.91 Å². The number of carbonyl (C=O) groups is 2. The van der Waals surface area contributed by atoms with Gasteiger partial charge in [-0.1, -0.05) is 19.9 Å². The van der Waals surface area contributed by atoms with Crippen LogP contribution in [0.3, 0.4) is 0 Å². The zero-order valence-electron chi connectivity index (χ0n) is 14.1. The van der Waals surface area contributed by atoms with E-state index in [0.717, 1.165) is 10.4 Å². The number of nitrogens with one attached hydrogen (secondary N) is 1. The highest BCUT2D eigenvalue weighted by atomic mass is 32.2. The number of hydrogen-bond acceptors (Lipinski definition) is 4. The standard InChI is InChI=1S/C15H19F3N2O5S/c1-3-20(4-2)26(24,25)11-7-5-6-10(8-11)13(21)19-12(14(22)23)9-15(16,17)18/h5-8,12H,3-4,9H2,1-2H3,(H,19,21)(H,22,23). The highest BCUT2D eigenvalue weighted by Crippen LogP contribution is 2.22. The van der Waals surface area contributed by atoms with Crippen LogP contribution in [0.25, 0.3) is 0 Å². The molecule has 26 heavy (non-hydrogen) atoms. The molecule has 146 valence electrons. The fourth-order valence-electron chi connectivity index (χ4n) is 2.18. The number of amides is 1. The van der Waals surface area contributed by atoms with Crippen molar-refractivity contribution < 1.29 is 36.3 Å². The predicted octanol–water partition coefficient (Wildman–Crippen LogP) is 1.85. The maximum atomic E-state index is 12.4. The molecule has 0 aromatic heterocycles. The number of rotatable bonds is 8. The molecule has 0 heterocycles. The maximum Gasteiger partial charge on any atom is 0.391 e. The zero-order chi connectivity index (χ0) is 20.1. The van der Waals surface area contributed by atoms with Gasteiger partial charge in [-0.15, -0.1) is 0 Å². The summed E-state index contributed by atoms with van der Waals surface area (Å²) in [4.78, 5) is 22.8. The largest absolute Gasteiger partial charge is 0.480 e. The number of sulfonamides is 1. The van der Waals surface area contributed by atoms with Gasteiger partial charge in [-0.25, -0.2) is 13.2 Å². The van der Waals surface area contributed by atoms with Crippen LogP contribution in [0.2, 0.25) is 0 Å². The van der Waals surface area contributed by atoms with Crippen molar-refractivity contribution in [2.24, 2.45) is 0 Å². The lowest BCUT2D eigenvalue weighted by Crippen LogP contribution is -2.43. The van der Waals surface area contributed by atoms with Gasteiger partial charge in [-0.2, -0.15) is 17.5 Å². The summed E-state index contributed by atoms with van der Waals surface area (Å²) in [5, 5.41) is 10.6. The average molecular weight is 396 g/mol. The Morgan fingerprint density at radius 2 is 1.81 bits per heavy atom. The molecule has 1 aromatic carbocycles. The summed E-state index contributed by atoms with van der Waals surface area (Å²) in [6, 6.07) is 2.50. The van der Waals surface area contributed by atoms with Crippen LogP contribution in [0.5, 0.6) is 0 Å². The molecule has 0 fully saturated rings. The smallest absolute Gasteiger partial charge is 0.391 e. The van der Waals surface area contributed by atoms with Gasteiger partial charge in [0.05, 0.1) is 11.3 Å². The highest BCUT2D eigenvalue weighted by molar-refractivity contribution is 7.89. The molecule has 0 bridgehead atoms. The Hall–Kier alpha value is -2.14. The summed E-state index contributed by atoms with van der Waals surface area (Å²) in [6.45, 7) is 3.66. The fraction of sp³-hybridized carbons (Fsp3) is 0.467. The van der Waals surface area contributed by atoms with E-state index in [2.05, 4.69) is 0 Å². The monoisotopic (exact) mass is 396 g/mol. The van der Waals surface area contributed by atoms with Crippen molar-refractivity contribution in [3.8, 4) is 0 Å². The van der Waals surface area contributed by atoms with Gasteiger partial charge in [0.1, 0.15) is 6.04 Å². The molecule has 0 spiro atoms. The Morgan fingerprint density at radius 1 is 1.23 bits per heavy atom. The number of carboxylic acid groups (broad SMARTS) is 1. The Morgan fingerprint density at radius 3 is 2.27 bits per heavy atom. The summed E-state index contributed by atoms with van der Waals surface area (Å²) in [5.41, 5.74) is -0.258. The molecule has 0 radical (unpaired) electrons. The molecule has 1 rings (SSSR count). The van der Waals surface area contributed by atoms with E-state index in [9.17, 15) is 31.2 Å². The van der Waals surface area contributed by atoms with Crippen molar-refractivity contribution in [1.29, 1.82) is 0 Å². The molecule has 1 atom stereocenters. The molecular formula is C15H19F3N2O5S. The third-order valence-corrected chi connectivity index (χ3v) is 5.52. The molecule has 11 heteroatoms. The van der Waals surface area contributed by atoms with Crippen molar-refractivity contribution in [3.05, 3.63) is 29.8 Å². The first-order valence-electron chi connectivity index (χ1n) is 7.63. The third kappa shape index (κ3) is 5.70. The van der Waals surface area contributed by atoms with Crippen molar-refractivity contribution in [2.75, 3.05) is 13.1 Å². The van der Waals surface area contributed by atoms with E-state index >= 15 is 0 Å². The van der Waals surface area contributed by atoms with E-state index in [1.807, 2.05) is 0 Å². The lowest BCUT2D eigenvalue weighted by atomic mass is 10.1. The number of carboxylic acids is 1. The van der Waals surface area contributed by atoms with Gasteiger partial charge in [0.15, 0.2) is 0 Å². The molecular weight excluding hydrogens is 377 g/mol. The summed E-state index contributed by atoms with van der Waals surface area (Å²) < 4.78 is 63.2. The number of carbonyl (C=O) groups excluding carboxylic acids is 1. The lowest BCUT2D eigenvalue weighted by molar-refractivity contribution is -0.157. The molecule has 0 aliphatic rings. The minimum atomic E-state index is -4.79. The molecule has 1 aromatic rings. The molecule has 2 N–H and O–H groups in total. The summed E-state index contributed by atoms with van der Waals surface area (Å²) >= 11 is 0. The van der Waals surface area contributed by atoms with Crippen molar-refractivity contribution in [3.63, 3.8) is 0 Å². The van der Waals surface area contributed by atoms with Crippen LogP contribution in [-0.2, 0) is 14.8 Å². The van der Waals surface area contributed by atoms with Gasteiger partial charge in [-0.3, -0.25) is 4.79 Å². The maximum absolute atomic E-state index is 12.4. The number of aliphatic carboxylic acids is 1. The first kappa shape index (κ1) is 21.9. The van der Waals surface area contributed by atoms with Crippen LogP contribution in [0.4, 0.5) is 13.2 Å². The number of benzene rings is 1. The van der Waals surface area contributed by atoms with Crippen LogP contribution in [0.1, 0.15) is 30.6 Å². The second-order valence-electron chi connectivity index (χ2n) is 5.30. The highest BCUT2D eigenvalue weighted by Gasteiger charge is 2.36. The Bertz CT molecular complexity index is 761. The zero-order valence-corrected chi connectivity index (χ0v) is 14.9. The van der Waals surface area contributed by atoms with Crippen LogP contribution >= 0.6 is 0 Å². The average Bonchev–Trinajstić information content (AvgIpc) is 2.53. The van der Waals surface area contributed by atoms with Crippen LogP contribution in [-0.4, -0.2) is 55.0 Å². The Kier molecular flexibility index (Phi) is 7.16. The molecule has 0 saturated heterocycles. The van der Waals surface area contributed by atoms with Crippen LogP contribution < -0.4 is 5.32 Å².